The molecule has 7 heteroatoms. The van der Waals surface area contributed by atoms with Crippen LogP contribution in [0.3, 0.4) is 0 Å². The number of carbonyl (C=O) groups excluding carboxylic acids is 1. The average molecular weight is 462 g/mol. The summed E-state index contributed by atoms with van der Waals surface area (Å²) in [5, 5.41) is 14.0. The van der Waals surface area contributed by atoms with E-state index in [1.54, 1.807) is 10.9 Å². The van der Waals surface area contributed by atoms with Crippen LogP contribution in [0, 0.1) is 13.8 Å². The first-order chi connectivity index (χ1) is 16.3. The largest absolute Gasteiger partial charge is 0.389 e. The first kappa shape index (κ1) is 22.7. The summed E-state index contributed by atoms with van der Waals surface area (Å²) < 4.78 is 6.88. The van der Waals surface area contributed by atoms with E-state index in [0.29, 0.717) is 35.9 Å². The van der Waals surface area contributed by atoms with Crippen molar-refractivity contribution in [3.63, 3.8) is 0 Å². The number of ether oxygens (including phenoxy) is 1. The van der Waals surface area contributed by atoms with Gasteiger partial charge in [-0.05, 0) is 86.9 Å². The van der Waals surface area contributed by atoms with E-state index < -0.39 is 6.10 Å². The normalized spacial score (nSPS) is 21.4. The Balaban J connectivity index is 1.45. The first-order valence-corrected chi connectivity index (χ1v) is 11.9. The van der Waals surface area contributed by atoms with Crippen LogP contribution in [0.5, 0.6) is 0 Å². The third-order valence-corrected chi connectivity index (χ3v) is 7.42. The van der Waals surface area contributed by atoms with E-state index in [2.05, 4.69) is 24.1 Å². The Morgan fingerprint density at radius 1 is 1.24 bits per heavy atom. The molecule has 178 valence electrons. The maximum Gasteiger partial charge on any atom is 0.261 e. The van der Waals surface area contributed by atoms with Gasteiger partial charge in [0.1, 0.15) is 0 Å². The summed E-state index contributed by atoms with van der Waals surface area (Å²) in [5.41, 5.74) is 5.38. The lowest BCUT2D eigenvalue weighted by molar-refractivity contribution is -0.0395. The highest BCUT2D eigenvalue weighted by Crippen LogP contribution is 2.34. The number of aromatic nitrogens is 2. The molecule has 34 heavy (non-hydrogen) atoms. The zero-order valence-electron chi connectivity index (χ0n) is 19.9. The number of nitrogens with one attached hydrogen (secondary N) is 1. The molecule has 2 aromatic carbocycles. The van der Waals surface area contributed by atoms with Gasteiger partial charge in [-0.2, -0.15) is 0 Å². The summed E-state index contributed by atoms with van der Waals surface area (Å²) in [6, 6.07) is 9.27. The molecule has 1 aliphatic heterocycles. The van der Waals surface area contributed by atoms with Crippen molar-refractivity contribution in [1.29, 1.82) is 0 Å². The summed E-state index contributed by atoms with van der Waals surface area (Å²) in [4.78, 5) is 30.5. The molecular weight excluding hydrogens is 430 g/mol. The number of amides is 1. The predicted molar refractivity (Wildman–Crippen MR) is 130 cm³/mol. The van der Waals surface area contributed by atoms with Crippen molar-refractivity contribution in [2.24, 2.45) is 0 Å². The Hall–Kier alpha value is -3.03. The maximum absolute atomic E-state index is 13.4. The molecule has 2 atom stereocenters. The Morgan fingerprint density at radius 2 is 1.97 bits per heavy atom. The highest BCUT2D eigenvalue weighted by molar-refractivity contribution is 5.95. The fourth-order valence-corrected chi connectivity index (χ4v) is 4.72. The van der Waals surface area contributed by atoms with Gasteiger partial charge in [0.25, 0.3) is 11.5 Å². The Bertz CT molecular complexity index is 1310. The lowest BCUT2D eigenvalue weighted by Gasteiger charge is -2.29. The van der Waals surface area contributed by atoms with Crippen LogP contribution in [0.2, 0.25) is 0 Å². The molecule has 3 aromatic rings. The molecule has 0 bridgehead atoms. The summed E-state index contributed by atoms with van der Waals surface area (Å²) in [5.74, 6) is -0.0359. The Labute approximate surface area is 198 Å². The van der Waals surface area contributed by atoms with Crippen LogP contribution in [0.4, 0.5) is 0 Å². The van der Waals surface area contributed by atoms with Crippen molar-refractivity contribution in [1.82, 2.24) is 14.9 Å². The van der Waals surface area contributed by atoms with Crippen molar-refractivity contribution in [2.75, 3.05) is 13.2 Å². The minimum Gasteiger partial charge on any atom is -0.389 e. The number of fused-ring (bicyclic) bond motifs is 1. The van der Waals surface area contributed by atoms with Gasteiger partial charge in [0, 0.05) is 17.7 Å². The van der Waals surface area contributed by atoms with E-state index in [-0.39, 0.29) is 29.7 Å². The average Bonchev–Trinajstić information content (AvgIpc) is 3.55. The predicted octanol–water partition coefficient (Wildman–Crippen LogP) is 3.21. The number of aliphatic hydroxyl groups excluding tert-OH is 1. The molecule has 2 heterocycles. The first-order valence-electron chi connectivity index (χ1n) is 11.9. The van der Waals surface area contributed by atoms with Gasteiger partial charge in [-0.1, -0.05) is 12.1 Å². The van der Waals surface area contributed by atoms with E-state index >= 15 is 0 Å². The molecular formula is C27H31N3O4. The second kappa shape index (κ2) is 8.64. The quantitative estimate of drug-likeness (QED) is 0.609. The van der Waals surface area contributed by atoms with Gasteiger partial charge in [-0.3, -0.25) is 14.2 Å². The van der Waals surface area contributed by atoms with Crippen LogP contribution in [-0.2, 0) is 11.2 Å². The van der Waals surface area contributed by atoms with Crippen molar-refractivity contribution in [3.05, 3.63) is 74.8 Å². The third-order valence-electron chi connectivity index (χ3n) is 7.42. The lowest BCUT2D eigenvalue weighted by atomic mass is 9.94. The third kappa shape index (κ3) is 4.26. The van der Waals surface area contributed by atoms with E-state index in [1.165, 1.54) is 0 Å². The van der Waals surface area contributed by atoms with Crippen LogP contribution in [-0.4, -0.2) is 45.4 Å². The number of hydrogen-bond acceptors (Lipinski definition) is 5. The lowest BCUT2D eigenvalue weighted by Crippen LogP contribution is -2.39. The molecule has 0 unspecified atom stereocenters. The number of aryl methyl sites for hydroxylation is 1. The van der Waals surface area contributed by atoms with Gasteiger partial charge in [0.15, 0.2) is 0 Å². The van der Waals surface area contributed by atoms with E-state index in [4.69, 9.17) is 4.74 Å². The van der Waals surface area contributed by atoms with Gasteiger partial charge in [-0.15, -0.1) is 0 Å². The van der Waals surface area contributed by atoms with Crippen LogP contribution >= 0.6 is 0 Å². The number of rotatable bonds is 5. The van der Waals surface area contributed by atoms with Gasteiger partial charge >= 0.3 is 0 Å². The molecule has 2 N–H and O–H groups in total. The summed E-state index contributed by atoms with van der Waals surface area (Å²) in [7, 11) is 0. The van der Waals surface area contributed by atoms with Gasteiger partial charge in [0.05, 0.1) is 36.0 Å². The topological polar surface area (TPSA) is 93.5 Å². The van der Waals surface area contributed by atoms with Crippen LogP contribution < -0.4 is 10.9 Å². The van der Waals surface area contributed by atoms with E-state index in [1.807, 2.05) is 37.3 Å². The molecule has 0 radical (unpaired) electrons. The molecule has 1 saturated carbocycles. The second-order valence-electron chi connectivity index (χ2n) is 10.0. The standard InChI is InChI=1S/C27H31N3O4/c1-16-17(2)24-21(26(33)30(15-28-24)22-8-11-34-14-23(22)31)13-20(16)12-18-4-6-19(7-5-18)25(32)29-27(3)9-10-27/h4-7,13,15,22-23,31H,8-12,14H2,1-3H3,(H,29,32)/t22-,23-/m0/s1. The van der Waals surface area contributed by atoms with Gasteiger partial charge in [0.2, 0.25) is 0 Å². The number of aliphatic hydroxyl groups is 1. The summed E-state index contributed by atoms with van der Waals surface area (Å²) >= 11 is 0. The highest BCUT2D eigenvalue weighted by Gasteiger charge is 2.38. The van der Waals surface area contributed by atoms with Crippen molar-refractivity contribution < 1.29 is 14.6 Å². The van der Waals surface area contributed by atoms with Crippen LogP contribution in [0.1, 0.15) is 64.8 Å². The smallest absolute Gasteiger partial charge is 0.261 e. The van der Waals surface area contributed by atoms with Crippen molar-refractivity contribution in [2.45, 2.75) is 64.1 Å². The Morgan fingerprint density at radius 3 is 2.65 bits per heavy atom. The monoisotopic (exact) mass is 461 g/mol. The zero-order chi connectivity index (χ0) is 24.0. The SMILES string of the molecule is Cc1c(Cc2ccc(C(=O)NC3(C)CC3)cc2)cc2c(=O)n([C@H]3CCOC[C@@H]3O)cnc2c1C. The zero-order valence-corrected chi connectivity index (χ0v) is 19.9. The van der Waals surface area contributed by atoms with E-state index in [9.17, 15) is 14.7 Å². The minimum absolute atomic E-state index is 0.0359. The second-order valence-corrected chi connectivity index (χ2v) is 10.0. The fraction of sp³-hybridized carbons (Fsp3) is 0.444. The van der Waals surface area contributed by atoms with Gasteiger partial charge < -0.3 is 15.2 Å². The van der Waals surface area contributed by atoms with Gasteiger partial charge in [-0.25, -0.2) is 4.98 Å². The molecule has 1 aliphatic carbocycles. The molecule has 2 fully saturated rings. The van der Waals surface area contributed by atoms with Crippen LogP contribution in [0.25, 0.3) is 10.9 Å². The molecule has 2 aliphatic rings. The summed E-state index contributed by atoms with van der Waals surface area (Å²) in [6.07, 6.45) is 4.11. The molecule has 1 aromatic heterocycles. The Kier molecular flexibility index (Phi) is 5.78. The van der Waals surface area contributed by atoms with Crippen LogP contribution in [0.15, 0.2) is 41.5 Å². The van der Waals surface area contributed by atoms with Crippen molar-refractivity contribution in [3.8, 4) is 0 Å². The number of nitrogens with zero attached hydrogens (tertiary/aromatic N) is 2. The number of carbonyl (C=O) groups is 1. The number of benzene rings is 2. The fourth-order valence-electron chi connectivity index (χ4n) is 4.72. The molecule has 5 rings (SSSR count). The highest BCUT2D eigenvalue weighted by atomic mass is 16.5. The molecule has 1 amide bonds. The number of hydrogen-bond donors (Lipinski definition) is 2. The maximum atomic E-state index is 13.4. The van der Waals surface area contributed by atoms with E-state index in [0.717, 1.165) is 35.1 Å². The summed E-state index contributed by atoms with van der Waals surface area (Å²) in [6.45, 7) is 6.85. The molecule has 0 spiro atoms. The molecule has 1 saturated heterocycles. The van der Waals surface area contributed by atoms with Crippen molar-refractivity contribution >= 4 is 16.8 Å². The minimum atomic E-state index is -0.727. The molecule has 7 nitrogen and oxygen atoms in total.